The number of aliphatic hydroxyl groups is 1. The monoisotopic (exact) mass is 168 g/mol. The molecule has 0 rings (SSSR count). The van der Waals surface area contributed by atoms with Gasteiger partial charge in [0.2, 0.25) is 0 Å². The van der Waals surface area contributed by atoms with Crippen LogP contribution >= 0.6 is 0 Å². The lowest BCUT2D eigenvalue weighted by atomic mass is 10.1. The molecule has 0 amide bonds. The molecule has 1 atom stereocenters. The molecule has 0 radical (unpaired) electrons. The van der Waals surface area contributed by atoms with E-state index >= 15 is 0 Å². The lowest BCUT2D eigenvalue weighted by Crippen LogP contribution is -1.99. The van der Waals surface area contributed by atoms with Crippen LogP contribution in [0.2, 0.25) is 0 Å². The summed E-state index contributed by atoms with van der Waals surface area (Å²) in [7, 11) is 0. The molecule has 1 unspecified atom stereocenters. The van der Waals surface area contributed by atoms with Gasteiger partial charge in [-0.05, 0) is 33.1 Å². The van der Waals surface area contributed by atoms with Crippen molar-refractivity contribution in [2.24, 2.45) is 0 Å². The second kappa shape index (κ2) is 7.11. The zero-order valence-corrected chi connectivity index (χ0v) is 8.38. The molecule has 0 saturated heterocycles. The Kier molecular flexibility index (Phi) is 6.78. The maximum atomic E-state index is 9.29. The second-order valence-electron chi connectivity index (χ2n) is 3.10. The van der Waals surface area contributed by atoms with Crippen molar-refractivity contribution in [2.75, 3.05) is 0 Å². The Labute approximate surface area is 75.8 Å². The second-order valence-corrected chi connectivity index (χ2v) is 3.10. The molecule has 12 heavy (non-hydrogen) atoms. The summed E-state index contributed by atoms with van der Waals surface area (Å²) in [5, 5.41) is 9.29. The van der Waals surface area contributed by atoms with Gasteiger partial charge in [0, 0.05) is 0 Å². The van der Waals surface area contributed by atoms with Gasteiger partial charge in [-0.3, -0.25) is 0 Å². The number of hydrogen-bond donors (Lipinski definition) is 1. The Hall–Kier alpha value is -0.560. The van der Waals surface area contributed by atoms with E-state index in [2.05, 4.69) is 19.1 Å². The first-order chi connectivity index (χ1) is 5.70. The average Bonchev–Trinajstić information content (AvgIpc) is 2.05. The molecule has 70 valence electrons. The van der Waals surface area contributed by atoms with E-state index < -0.39 is 0 Å². The predicted octanol–water partition coefficient (Wildman–Crippen LogP) is 3.06. The van der Waals surface area contributed by atoms with Crippen molar-refractivity contribution in [2.45, 2.75) is 46.1 Å². The molecule has 0 heterocycles. The van der Waals surface area contributed by atoms with Crippen LogP contribution in [0.25, 0.3) is 0 Å². The van der Waals surface area contributed by atoms with Crippen LogP contribution in [0.3, 0.4) is 0 Å². The first kappa shape index (κ1) is 11.4. The van der Waals surface area contributed by atoms with Crippen molar-refractivity contribution in [1.82, 2.24) is 0 Å². The van der Waals surface area contributed by atoms with Gasteiger partial charge in [-0.25, -0.2) is 0 Å². The van der Waals surface area contributed by atoms with E-state index in [1.165, 1.54) is 5.57 Å². The van der Waals surface area contributed by atoms with Crippen molar-refractivity contribution < 1.29 is 5.11 Å². The first-order valence-electron chi connectivity index (χ1n) is 4.67. The molecule has 0 aromatic carbocycles. The molecular formula is C11H20O. The smallest absolute Gasteiger partial charge is 0.0720 e. The van der Waals surface area contributed by atoms with Crippen molar-refractivity contribution in [3.63, 3.8) is 0 Å². The highest BCUT2D eigenvalue weighted by Crippen LogP contribution is 2.07. The maximum Gasteiger partial charge on any atom is 0.0720 e. The summed E-state index contributed by atoms with van der Waals surface area (Å²) in [6.45, 7) is 6.09. The predicted molar refractivity (Wildman–Crippen MR) is 54.1 cm³/mol. The topological polar surface area (TPSA) is 20.2 Å². The van der Waals surface area contributed by atoms with Crippen LogP contribution in [-0.4, -0.2) is 11.2 Å². The van der Waals surface area contributed by atoms with Gasteiger partial charge in [0.25, 0.3) is 0 Å². The Bertz CT molecular complexity index is 156. The van der Waals surface area contributed by atoms with Crippen LogP contribution in [0.4, 0.5) is 0 Å². The summed E-state index contributed by atoms with van der Waals surface area (Å²) in [6, 6.07) is 0. The molecule has 1 nitrogen and oxygen atoms in total. The quantitative estimate of drug-likeness (QED) is 0.625. The summed E-state index contributed by atoms with van der Waals surface area (Å²) in [4.78, 5) is 0. The van der Waals surface area contributed by atoms with Crippen LogP contribution in [0.5, 0.6) is 0 Å². The summed E-state index contributed by atoms with van der Waals surface area (Å²) in [5.41, 5.74) is 1.28. The normalized spacial score (nSPS) is 15.5. The minimum atomic E-state index is -0.254. The standard InChI is InChI=1S/C11H20O/c1-4-6-7-8-10(3)9-11(12)5-2/h4,6,9,11-12H,5,7-8H2,1-3H3/b6-4+,10-9-. The fourth-order valence-electron chi connectivity index (χ4n) is 1.01. The highest BCUT2D eigenvalue weighted by atomic mass is 16.3. The van der Waals surface area contributed by atoms with Gasteiger partial charge in [-0.1, -0.05) is 30.7 Å². The molecule has 0 saturated carbocycles. The van der Waals surface area contributed by atoms with Crippen molar-refractivity contribution >= 4 is 0 Å². The maximum absolute atomic E-state index is 9.29. The van der Waals surface area contributed by atoms with E-state index in [9.17, 15) is 5.11 Å². The van der Waals surface area contributed by atoms with Crippen molar-refractivity contribution in [3.05, 3.63) is 23.8 Å². The van der Waals surface area contributed by atoms with Crippen molar-refractivity contribution in [1.29, 1.82) is 0 Å². The average molecular weight is 168 g/mol. The van der Waals surface area contributed by atoms with Gasteiger partial charge in [0.15, 0.2) is 0 Å². The molecule has 0 fully saturated rings. The minimum absolute atomic E-state index is 0.254. The molecule has 1 heteroatoms. The molecule has 0 aliphatic carbocycles. The molecule has 1 N–H and O–H groups in total. The van der Waals surface area contributed by atoms with E-state index in [4.69, 9.17) is 0 Å². The van der Waals surface area contributed by atoms with Crippen LogP contribution < -0.4 is 0 Å². The van der Waals surface area contributed by atoms with Gasteiger partial charge >= 0.3 is 0 Å². The number of allylic oxidation sites excluding steroid dienone is 3. The fourth-order valence-corrected chi connectivity index (χ4v) is 1.01. The Morgan fingerprint density at radius 2 is 2.17 bits per heavy atom. The molecular weight excluding hydrogens is 148 g/mol. The summed E-state index contributed by atoms with van der Waals surface area (Å²) < 4.78 is 0. The highest BCUT2D eigenvalue weighted by Gasteiger charge is 1.95. The molecule has 0 aliphatic heterocycles. The Balaban J connectivity index is 3.69. The first-order valence-corrected chi connectivity index (χ1v) is 4.67. The third-order valence-corrected chi connectivity index (χ3v) is 1.84. The molecule has 0 aromatic heterocycles. The van der Waals surface area contributed by atoms with E-state index in [1.54, 1.807) is 0 Å². The van der Waals surface area contributed by atoms with Crippen LogP contribution in [0.1, 0.15) is 40.0 Å². The van der Waals surface area contributed by atoms with Gasteiger partial charge < -0.3 is 5.11 Å². The largest absolute Gasteiger partial charge is 0.389 e. The van der Waals surface area contributed by atoms with Gasteiger partial charge in [0.05, 0.1) is 6.10 Å². The minimum Gasteiger partial charge on any atom is -0.389 e. The van der Waals surface area contributed by atoms with Gasteiger partial charge in [-0.2, -0.15) is 0 Å². The van der Waals surface area contributed by atoms with Crippen molar-refractivity contribution in [3.8, 4) is 0 Å². The van der Waals surface area contributed by atoms with E-state index in [1.807, 2.05) is 19.9 Å². The van der Waals surface area contributed by atoms with E-state index in [0.29, 0.717) is 0 Å². The summed E-state index contributed by atoms with van der Waals surface area (Å²) >= 11 is 0. The fraction of sp³-hybridized carbons (Fsp3) is 0.636. The molecule has 0 aromatic rings. The zero-order valence-electron chi connectivity index (χ0n) is 8.38. The third-order valence-electron chi connectivity index (χ3n) is 1.84. The summed E-state index contributed by atoms with van der Waals surface area (Å²) in [5.74, 6) is 0. The SMILES string of the molecule is C/C=C/CC/C(C)=C\C(O)CC. The van der Waals surface area contributed by atoms with Crippen LogP contribution in [0.15, 0.2) is 23.8 Å². The lowest BCUT2D eigenvalue weighted by Gasteiger charge is -2.03. The lowest BCUT2D eigenvalue weighted by molar-refractivity contribution is 0.218. The highest BCUT2D eigenvalue weighted by molar-refractivity contribution is 5.02. The number of rotatable bonds is 5. The Morgan fingerprint density at radius 3 is 2.67 bits per heavy atom. The number of aliphatic hydroxyl groups excluding tert-OH is 1. The van der Waals surface area contributed by atoms with Crippen LogP contribution in [-0.2, 0) is 0 Å². The van der Waals surface area contributed by atoms with E-state index in [-0.39, 0.29) is 6.10 Å². The molecule has 0 bridgehead atoms. The molecule has 0 spiro atoms. The van der Waals surface area contributed by atoms with E-state index in [0.717, 1.165) is 19.3 Å². The zero-order chi connectivity index (χ0) is 9.40. The van der Waals surface area contributed by atoms with Crippen LogP contribution in [0, 0.1) is 0 Å². The molecule has 0 aliphatic rings. The third kappa shape index (κ3) is 6.17. The van der Waals surface area contributed by atoms with Gasteiger partial charge in [-0.15, -0.1) is 0 Å². The van der Waals surface area contributed by atoms with Gasteiger partial charge in [0.1, 0.15) is 0 Å². The number of hydrogen-bond acceptors (Lipinski definition) is 1. The summed E-state index contributed by atoms with van der Waals surface area (Å²) in [6.07, 6.45) is 8.84. The Morgan fingerprint density at radius 1 is 1.50 bits per heavy atom.